The van der Waals surface area contributed by atoms with E-state index in [4.69, 9.17) is 9.47 Å². The Morgan fingerprint density at radius 3 is 1.95 bits per heavy atom. The van der Waals surface area contributed by atoms with E-state index in [2.05, 4.69) is 90.4 Å². The Morgan fingerprint density at radius 2 is 1.37 bits per heavy atom. The summed E-state index contributed by atoms with van der Waals surface area (Å²) in [5.41, 5.74) is 9.52. The molecule has 0 bridgehead atoms. The van der Waals surface area contributed by atoms with E-state index in [1.54, 1.807) is 0 Å². The molecule has 6 nitrogen and oxygen atoms in total. The second-order valence-corrected chi connectivity index (χ2v) is 11.0. The van der Waals surface area contributed by atoms with Crippen LogP contribution in [0.5, 0.6) is 0 Å². The van der Waals surface area contributed by atoms with Crippen molar-refractivity contribution in [3.05, 3.63) is 119 Å². The van der Waals surface area contributed by atoms with Crippen LogP contribution in [-0.2, 0) is 27.2 Å². The van der Waals surface area contributed by atoms with Gasteiger partial charge in [0.05, 0.1) is 7.11 Å². The molecular weight excluding hydrogens is 536 g/mol. The van der Waals surface area contributed by atoms with Crippen LogP contribution >= 0.6 is 0 Å². The van der Waals surface area contributed by atoms with Gasteiger partial charge in [0.1, 0.15) is 12.6 Å². The molecule has 4 aromatic rings. The van der Waals surface area contributed by atoms with Crippen molar-refractivity contribution in [1.29, 1.82) is 0 Å². The van der Waals surface area contributed by atoms with Crippen molar-refractivity contribution >= 4 is 12.1 Å². The maximum absolute atomic E-state index is 12.8. The summed E-state index contributed by atoms with van der Waals surface area (Å²) in [6.45, 7) is 3.57. The molecule has 1 atom stereocenters. The number of unbranched alkanes of at least 4 members (excludes halogenated alkanes) is 1. The van der Waals surface area contributed by atoms with E-state index >= 15 is 0 Å². The number of alkyl carbamates (subject to hydrolysis) is 1. The van der Waals surface area contributed by atoms with Gasteiger partial charge in [0.25, 0.3) is 0 Å². The molecule has 0 heterocycles. The Kier molecular flexibility index (Phi) is 10.2. The summed E-state index contributed by atoms with van der Waals surface area (Å²) in [4.78, 5) is 25.2. The average Bonchev–Trinajstić information content (AvgIpc) is 3.38. The van der Waals surface area contributed by atoms with E-state index in [9.17, 15) is 9.59 Å². The Labute approximate surface area is 254 Å². The first-order chi connectivity index (χ1) is 21.1. The minimum absolute atomic E-state index is 0.0482. The third kappa shape index (κ3) is 7.51. The summed E-state index contributed by atoms with van der Waals surface area (Å²) in [5, 5.41) is 6.07. The van der Waals surface area contributed by atoms with E-state index in [1.807, 2.05) is 24.3 Å². The fourth-order valence-electron chi connectivity index (χ4n) is 5.71. The third-order valence-corrected chi connectivity index (χ3v) is 8.12. The molecule has 2 N–H and O–H groups in total. The highest BCUT2D eigenvalue weighted by molar-refractivity contribution is 5.82. The summed E-state index contributed by atoms with van der Waals surface area (Å²) in [7, 11) is 1.32. The maximum Gasteiger partial charge on any atom is 0.407 e. The van der Waals surface area contributed by atoms with E-state index in [-0.39, 0.29) is 12.5 Å². The topological polar surface area (TPSA) is 76.7 Å². The number of carbonyl (C=O) groups is 2. The van der Waals surface area contributed by atoms with Crippen LogP contribution in [0.4, 0.5) is 4.79 Å². The van der Waals surface area contributed by atoms with Crippen molar-refractivity contribution in [2.75, 3.05) is 20.3 Å². The predicted molar refractivity (Wildman–Crippen MR) is 171 cm³/mol. The Balaban J connectivity index is 1.09. The lowest BCUT2D eigenvalue weighted by Gasteiger charge is -2.19. The highest BCUT2D eigenvalue weighted by Crippen LogP contribution is 2.44. The van der Waals surface area contributed by atoms with Crippen molar-refractivity contribution in [2.45, 2.75) is 51.1 Å². The van der Waals surface area contributed by atoms with Crippen molar-refractivity contribution in [2.24, 2.45) is 0 Å². The van der Waals surface area contributed by atoms with Gasteiger partial charge in [-0.2, -0.15) is 0 Å². The minimum Gasteiger partial charge on any atom is -0.467 e. The van der Waals surface area contributed by atoms with Gasteiger partial charge in [-0.25, -0.2) is 9.59 Å². The van der Waals surface area contributed by atoms with Gasteiger partial charge in [0, 0.05) is 12.5 Å². The standard InChI is InChI=1S/C37H40N2O4/c1-3-4-9-26-14-18-28(19-15-26)29-20-16-27(17-21-29)24-38-23-22-35(36(40)42-2)39-37(41)43-25-34-32-12-7-5-10-30(32)31-11-6-8-13-33(31)34/h5-8,10-21,34-35,38H,3-4,9,22-25H2,1-2H3,(H,39,41)/t35-/m0/s1. The molecule has 0 fully saturated rings. The van der Waals surface area contributed by atoms with E-state index in [0.717, 1.165) is 34.2 Å². The largest absolute Gasteiger partial charge is 0.467 e. The zero-order valence-corrected chi connectivity index (χ0v) is 25.0. The number of carbonyl (C=O) groups excluding carboxylic acids is 2. The maximum atomic E-state index is 12.8. The molecule has 5 rings (SSSR count). The van der Waals surface area contributed by atoms with Crippen molar-refractivity contribution in [3.8, 4) is 22.3 Å². The Hall–Kier alpha value is -4.42. The number of benzene rings is 4. The van der Waals surface area contributed by atoms with Gasteiger partial charge < -0.3 is 20.1 Å². The molecular formula is C37H40N2O4. The first-order valence-corrected chi connectivity index (χ1v) is 15.2. The highest BCUT2D eigenvalue weighted by Gasteiger charge is 2.30. The summed E-state index contributed by atoms with van der Waals surface area (Å²) < 4.78 is 10.6. The predicted octanol–water partition coefficient (Wildman–Crippen LogP) is 7.26. The molecule has 0 unspecified atom stereocenters. The number of nitrogens with one attached hydrogen (secondary N) is 2. The summed E-state index contributed by atoms with van der Waals surface area (Å²) >= 11 is 0. The minimum atomic E-state index is -0.809. The fraction of sp³-hybridized carbons (Fsp3) is 0.297. The lowest BCUT2D eigenvalue weighted by molar-refractivity contribution is -0.143. The number of aryl methyl sites for hydroxylation is 1. The number of hydrogen-bond acceptors (Lipinski definition) is 5. The quantitative estimate of drug-likeness (QED) is 0.129. The van der Waals surface area contributed by atoms with Crippen LogP contribution < -0.4 is 10.6 Å². The van der Waals surface area contributed by atoms with Crippen LogP contribution in [0.1, 0.15) is 54.4 Å². The van der Waals surface area contributed by atoms with Gasteiger partial charge >= 0.3 is 12.1 Å². The lowest BCUT2D eigenvalue weighted by atomic mass is 9.98. The second kappa shape index (κ2) is 14.7. The lowest BCUT2D eigenvalue weighted by Crippen LogP contribution is -2.43. The molecule has 0 spiro atoms. The van der Waals surface area contributed by atoms with Gasteiger partial charge in [-0.15, -0.1) is 0 Å². The van der Waals surface area contributed by atoms with Crippen LogP contribution in [-0.4, -0.2) is 38.4 Å². The van der Waals surface area contributed by atoms with Gasteiger partial charge in [-0.1, -0.05) is 110 Å². The monoisotopic (exact) mass is 576 g/mol. The summed E-state index contributed by atoms with van der Waals surface area (Å²) in [5.74, 6) is -0.548. The number of esters is 1. The summed E-state index contributed by atoms with van der Waals surface area (Å²) in [6.07, 6.45) is 3.28. The molecule has 6 heteroatoms. The molecule has 0 saturated carbocycles. The van der Waals surface area contributed by atoms with E-state index < -0.39 is 18.1 Å². The van der Waals surface area contributed by atoms with Crippen molar-refractivity contribution < 1.29 is 19.1 Å². The number of rotatable bonds is 13. The second-order valence-electron chi connectivity index (χ2n) is 11.0. The van der Waals surface area contributed by atoms with Crippen LogP contribution in [0.15, 0.2) is 97.1 Å². The first-order valence-electron chi connectivity index (χ1n) is 15.2. The van der Waals surface area contributed by atoms with Gasteiger partial charge in [-0.05, 0) is 70.3 Å². The van der Waals surface area contributed by atoms with Crippen LogP contribution in [0, 0.1) is 0 Å². The Morgan fingerprint density at radius 1 is 0.791 bits per heavy atom. The number of amides is 1. The van der Waals surface area contributed by atoms with E-state index in [0.29, 0.717) is 19.5 Å². The number of ether oxygens (including phenoxy) is 2. The van der Waals surface area contributed by atoms with Crippen molar-refractivity contribution in [1.82, 2.24) is 10.6 Å². The molecule has 0 aromatic heterocycles. The molecule has 1 aliphatic rings. The smallest absolute Gasteiger partial charge is 0.407 e. The van der Waals surface area contributed by atoms with Gasteiger partial charge in [0.2, 0.25) is 0 Å². The van der Waals surface area contributed by atoms with E-state index in [1.165, 1.54) is 36.6 Å². The zero-order valence-electron chi connectivity index (χ0n) is 25.0. The normalized spacial score (nSPS) is 12.7. The first kappa shape index (κ1) is 30.1. The molecule has 43 heavy (non-hydrogen) atoms. The fourth-order valence-corrected chi connectivity index (χ4v) is 5.71. The molecule has 0 aliphatic heterocycles. The summed E-state index contributed by atoms with van der Waals surface area (Å²) in [6, 6.07) is 32.9. The molecule has 0 radical (unpaired) electrons. The molecule has 0 saturated heterocycles. The third-order valence-electron chi connectivity index (χ3n) is 8.12. The number of methoxy groups -OCH3 is 1. The molecule has 222 valence electrons. The molecule has 1 amide bonds. The average molecular weight is 577 g/mol. The highest BCUT2D eigenvalue weighted by atomic mass is 16.6. The molecule has 1 aliphatic carbocycles. The number of hydrogen-bond donors (Lipinski definition) is 2. The van der Waals surface area contributed by atoms with Crippen molar-refractivity contribution in [3.63, 3.8) is 0 Å². The van der Waals surface area contributed by atoms with Gasteiger partial charge in [-0.3, -0.25) is 0 Å². The van der Waals surface area contributed by atoms with Crippen LogP contribution in [0.25, 0.3) is 22.3 Å². The Bertz CT molecular complexity index is 1470. The number of fused-ring (bicyclic) bond motifs is 3. The van der Waals surface area contributed by atoms with Crippen LogP contribution in [0.3, 0.4) is 0 Å². The van der Waals surface area contributed by atoms with Gasteiger partial charge in [0.15, 0.2) is 0 Å². The SMILES string of the molecule is CCCCc1ccc(-c2ccc(CNCC[C@H](NC(=O)OCC3c4ccccc4-c4ccccc43)C(=O)OC)cc2)cc1. The van der Waals surface area contributed by atoms with Crippen LogP contribution in [0.2, 0.25) is 0 Å². The molecule has 4 aromatic carbocycles. The zero-order chi connectivity index (χ0) is 30.0.